The van der Waals surface area contributed by atoms with Crippen molar-refractivity contribution in [3.8, 4) is 5.75 Å². The number of likely N-dealkylation sites (tertiary alicyclic amines) is 1. The summed E-state index contributed by atoms with van der Waals surface area (Å²) in [6, 6.07) is 5.44. The molecule has 36 heavy (non-hydrogen) atoms. The highest BCUT2D eigenvalue weighted by molar-refractivity contribution is 6.32. The maximum atomic E-state index is 12.3. The quantitative estimate of drug-likeness (QED) is 0.356. The van der Waals surface area contributed by atoms with Gasteiger partial charge in [0, 0.05) is 35.7 Å². The molecule has 192 valence electrons. The minimum absolute atomic E-state index is 0.306. The van der Waals surface area contributed by atoms with E-state index in [0.29, 0.717) is 47.5 Å². The van der Waals surface area contributed by atoms with Crippen molar-refractivity contribution in [1.82, 2.24) is 19.9 Å². The topological polar surface area (TPSA) is 109 Å². The summed E-state index contributed by atoms with van der Waals surface area (Å²) >= 11 is 6.44. The van der Waals surface area contributed by atoms with Crippen LogP contribution in [0.2, 0.25) is 5.02 Å². The number of fused-ring (bicyclic) bond motifs is 1. The molecular weight excluding hydrogens is 480 g/mol. The molecule has 0 radical (unpaired) electrons. The van der Waals surface area contributed by atoms with Crippen molar-refractivity contribution >= 4 is 28.5 Å². The second kappa shape index (κ2) is 12.0. The number of ether oxygens (including phenoxy) is 1. The third-order valence-electron chi connectivity index (χ3n) is 7.34. The molecule has 1 aliphatic rings. The Morgan fingerprint density at radius 3 is 2.69 bits per heavy atom. The number of carboxylic acid groups (broad SMARTS) is 1. The highest BCUT2D eigenvalue weighted by Crippen LogP contribution is 2.41. The maximum absolute atomic E-state index is 12.3. The van der Waals surface area contributed by atoms with Crippen molar-refractivity contribution in [1.29, 1.82) is 0 Å². The molecule has 1 saturated heterocycles. The molecule has 3 heterocycles. The van der Waals surface area contributed by atoms with E-state index in [9.17, 15) is 15.0 Å². The number of nitrogens with zero attached hydrogens (tertiary/aromatic N) is 4. The van der Waals surface area contributed by atoms with E-state index in [4.69, 9.17) is 16.3 Å². The van der Waals surface area contributed by atoms with Gasteiger partial charge in [-0.15, -0.1) is 0 Å². The van der Waals surface area contributed by atoms with Gasteiger partial charge in [-0.05, 0) is 82.8 Å². The number of benzene rings is 1. The van der Waals surface area contributed by atoms with Crippen LogP contribution in [0.4, 0.5) is 0 Å². The molecule has 1 fully saturated rings. The van der Waals surface area contributed by atoms with Crippen LogP contribution in [0.1, 0.15) is 55.9 Å². The number of methoxy groups -OCH3 is 1. The number of rotatable bonds is 11. The van der Waals surface area contributed by atoms with Crippen LogP contribution in [-0.2, 0) is 11.2 Å². The number of hydrogen-bond acceptors (Lipinski definition) is 7. The Morgan fingerprint density at radius 1 is 1.19 bits per heavy atom. The van der Waals surface area contributed by atoms with Gasteiger partial charge in [0.15, 0.2) is 0 Å². The predicted molar refractivity (Wildman–Crippen MR) is 138 cm³/mol. The molecule has 0 amide bonds. The molecule has 8 nitrogen and oxygen atoms in total. The van der Waals surface area contributed by atoms with Crippen LogP contribution in [0, 0.1) is 5.41 Å². The minimum Gasteiger partial charge on any atom is -0.497 e. The number of hydrogen-bond donors (Lipinski definition) is 2. The molecule has 2 N–H and O–H groups in total. The van der Waals surface area contributed by atoms with Crippen LogP contribution in [0.3, 0.4) is 0 Å². The summed E-state index contributed by atoms with van der Waals surface area (Å²) in [7, 11) is 1.58. The summed E-state index contributed by atoms with van der Waals surface area (Å²) in [5.74, 6) is -0.143. The Labute approximate surface area is 216 Å². The average Bonchev–Trinajstić information content (AvgIpc) is 2.90. The SMILES string of the molecule is COc1ccc2ncc(Cl)c([C@H](O)CCC3(C(=O)O)CCN(CCCCc4cnccn4)CC3)c2c1. The number of aliphatic carboxylic acids is 1. The lowest BCUT2D eigenvalue weighted by molar-refractivity contribution is -0.153. The zero-order valence-electron chi connectivity index (χ0n) is 20.6. The number of aryl methyl sites for hydroxylation is 1. The minimum atomic E-state index is -0.898. The number of carbonyl (C=O) groups is 1. The highest BCUT2D eigenvalue weighted by Gasteiger charge is 2.41. The number of aliphatic hydroxyl groups excluding tert-OH is 1. The number of aromatic nitrogens is 3. The molecule has 0 saturated carbocycles. The first-order valence-electron chi connectivity index (χ1n) is 12.4. The van der Waals surface area contributed by atoms with Crippen molar-refractivity contribution in [2.24, 2.45) is 5.41 Å². The Balaban J connectivity index is 1.34. The van der Waals surface area contributed by atoms with E-state index < -0.39 is 17.5 Å². The van der Waals surface area contributed by atoms with E-state index in [-0.39, 0.29) is 0 Å². The molecule has 1 aromatic carbocycles. The number of piperidine rings is 1. The van der Waals surface area contributed by atoms with Crippen molar-refractivity contribution in [2.45, 2.75) is 51.0 Å². The van der Waals surface area contributed by atoms with Crippen molar-refractivity contribution in [3.63, 3.8) is 0 Å². The third-order valence-corrected chi connectivity index (χ3v) is 7.64. The Morgan fingerprint density at radius 2 is 2.00 bits per heavy atom. The van der Waals surface area contributed by atoms with E-state index in [1.54, 1.807) is 25.7 Å². The Kier molecular flexibility index (Phi) is 8.72. The molecule has 0 unspecified atom stereocenters. The van der Waals surface area contributed by atoms with Crippen LogP contribution in [0.25, 0.3) is 10.9 Å². The molecule has 0 aliphatic carbocycles. The first kappa shape index (κ1) is 26.3. The smallest absolute Gasteiger partial charge is 0.309 e. The summed E-state index contributed by atoms with van der Waals surface area (Å²) in [5.41, 5.74) is 1.43. The second-order valence-corrected chi connectivity index (χ2v) is 9.95. The lowest BCUT2D eigenvalue weighted by Gasteiger charge is -2.39. The molecule has 1 aliphatic heterocycles. The number of carboxylic acids is 1. The molecule has 3 aromatic rings. The van der Waals surface area contributed by atoms with Crippen molar-refractivity contribution < 1.29 is 19.7 Å². The van der Waals surface area contributed by atoms with Gasteiger partial charge in [0.1, 0.15) is 5.75 Å². The number of aliphatic hydroxyl groups is 1. The fraction of sp³-hybridized carbons (Fsp3) is 0.481. The number of unbranched alkanes of at least 4 members (excludes halogenated alkanes) is 1. The van der Waals surface area contributed by atoms with Gasteiger partial charge in [-0.3, -0.25) is 19.7 Å². The van der Waals surface area contributed by atoms with Gasteiger partial charge in [-0.2, -0.15) is 0 Å². The van der Waals surface area contributed by atoms with Gasteiger partial charge < -0.3 is 19.8 Å². The summed E-state index contributed by atoms with van der Waals surface area (Å²) in [6.45, 7) is 2.42. The molecule has 4 rings (SSSR count). The summed E-state index contributed by atoms with van der Waals surface area (Å²) in [4.78, 5) is 27.4. The largest absolute Gasteiger partial charge is 0.497 e. The highest BCUT2D eigenvalue weighted by atomic mass is 35.5. The lowest BCUT2D eigenvalue weighted by atomic mass is 9.74. The lowest BCUT2D eigenvalue weighted by Crippen LogP contribution is -2.44. The van der Waals surface area contributed by atoms with Crippen LogP contribution >= 0.6 is 11.6 Å². The first-order chi connectivity index (χ1) is 17.4. The molecular formula is C27H33ClN4O4. The molecule has 1 atom stereocenters. The normalized spacial score (nSPS) is 16.6. The standard InChI is InChI=1S/C27H33ClN4O4/c1-36-20-5-6-23-21(16-20)25(22(28)18-31-23)24(33)7-8-27(26(34)35)9-14-32(15-10-27)13-3-2-4-19-17-29-11-12-30-19/h5-6,11-12,16-18,24,33H,2-4,7-10,13-15H2,1H3,(H,34,35)/t24-/m1/s1. The predicted octanol–water partition coefficient (Wildman–Crippen LogP) is 4.69. The zero-order valence-corrected chi connectivity index (χ0v) is 21.3. The fourth-order valence-corrected chi connectivity index (χ4v) is 5.34. The van der Waals surface area contributed by atoms with Gasteiger partial charge in [0.05, 0.1) is 34.9 Å². The van der Waals surface area contributed by atoms with Crippen LogP contribution in [-0.4, -0.2) is 62.8 Å². The second-order valence-electron chi connectivity index (χ2n) is 9.54. The van der Waals surface area contributed by atoms with Crippen LogP contribution in [0.5, 0.6) is 5.75 Å². The molecule has 0 bridgehead atoms. The number of halogens is 1. The fourth-order valence-electron chi connectivity index (χ4n) is 5.07. The Hall–Kier alpha value is -2.81. The zero-order chi connectivity index (χ0) is 25.5. The average molecular weight is 513 g/mol. The van der Waals surface area contributed by atoms with E-state index in [1.165, 1.54) is 6.20 Å². The van der Waals surface area contributed by atoms with Crippen molar-refractivity contribution in [3.05, 3.63) is 59.3 Å². The van der Waals surface area contributed by atoms with Gasteiger partial charge in [-0.25, -0.2) is 0 Å². The van der Waals surface area contributed by atoms with Crippen LogP contribution in [0.15, 0.2) is 43.0 Å². The van der Waals surface area contributed by atoms with E-state index >= 15 is 0 Å². The first-order valence-corrected chi connectivity index (χ1v) is 12.8. The monoisotopic (exact) mass is 512 g/mol. The summed E-state index contributed by atoms with van der Waals surface area (Å²) < 4.78 is 5.33. The molecule has 0 spiro atoms. The van der Waals surface area contributed by atoms with Crippen molar-refractivity contribution in [2.75, 3.05) is 26.7 Å². The van der Waals surface area contributed by atoms with Gasteiger partial charge in [-0.1, -0.05) is 11.6 Å². The number of pyridine rings is 1. The van der Waals surface area contributed by atoms with Crippen LogP contribution < -0.4 is 4.74 Å². The Bertz CT molecular complexity index is 1170. The van der Waals surface area contributed by atoms with E-state index in [0.717, 1.165) is 50.0 Å². The van der Waals surface area contributed by atoms with Gasteiger partial charge >= 0.3 is 5.97 Å². The molecule has 2 aromatic heterocycles. The van der Waals surface area contributed by atoms with E-state index in [1.807, 2.05) is 18.2 Å². The summed E-state index contributed by atoms with van der Waals surface area (Å²) in [6.07, 6.45) is 10.6. The summed E-state index contributed by atoms with van der Waals surface area (Å²) in [5, 5.41) is 22.3. The van der Waals surface area contributed by atoms with Gasteiger partial charge in [0.25, 0.3) is 0 Å². The maximum Gasteiger partial charge on any atom is 0.309 e. The van der Waals surface area contributed by atoms with E-state index in [2.05, 4.69) is 19.9 Å². The van der Waals surface area contributed by atoms with Gasteiger partial charge in [0.2, 0.25) is 0 Å². The third kappa shape index (κ3) is 6.11. The molecule has 9 heteroatoms.